The van der Waals surface area contributed by atoms with Gasteiger partial charge in [0.25, 0.3) is 0 Å². The molecule has 0 aromatic heterocycles. The van der Waals surface area contributed by atoms with Crippen molar-refractivity contribution >= 4 is 23.6 Å². The molecule has 0 aromatic rings. The summed E-state index contributed by atoms with van der Waals surface area (Å²) in [5, 5.41) is 8.94. The lowest BCUT2D eigenvalue weighted by Crippen LogP contribution is -2.51. The molecular weight excluding hydrogens is 228 g/mol. The van der Waals surface area contributed by atoms with Gasteiger partial charge in [0.1, 0.15) is 6.04 Å². The van der Waals surface area contributed by atoms with Crippen molar-refractivity contribution in [2.45, 2.75) is 32.2 Å². The minimum absolute atomic E-state index is 0.121. The standard InChI is InChI=1S/C10H18N2O3S/c1-10(2,3)9-12(7(13)4-11)6(5-16-9)8(14)15/h6,9H,4-5,11H2,1-3H3,(H,14,15)/t6-,9?/m0/s1. The van der Waals surface area contributed by atoms with E-state index in [0.717, 1.165) is 0 Å². The van der Waals surface area contributed by atoms with E-state index in [4.69, 9.17) is 10.8 Å². The van der Waals surface area contributed by atoms with E-state index in [9.17, 15) is 9.59 Å². The van der Waals surface area contributed by atoms with E-state index in [1.165, 1.54) is 16.7 Å². The van der Waals surface area contributed by atoms with Crippen LogP contribution in [0.4, 0.5) is 0 Å². The minimum Gasteiger partial charge on any atom is -0.480 e. The molecular formula is C10H18N2O3S. The summed E-state index contributed by atoms with van der Waals surface area (Å²) in [6.45, 7) is 5.83. The fourth-order valence-corrected chi connectivity index (χ4v) is 3.37. The van der Waals surface area contributed by atoms with Crippen molar-refractivity contribution in [3.05, 3.63) is 0 Å². The van der Waals surface area contributed by atoms with Crippen LogP contribution < -0.4 is 5.73 Å². The molecule has 1 aliphatic rings. The highest BCUT2D eigenvalue weighted by atomic mass is 32.2. The lowest BCUT2D eigenvalue weighted by Gasteiger charge is -2.35. The van der Waals surface area contributed by atoms with Crippen molar-refractivity contribution in [1.82, 2.24) is 4.90 Å². The maximum absolute atomic E-state index is 11.7. The van der Waals surface area contributed by atoms with Crippen LogP contribution in [0, 0.1) is 5.41 Å². The molecule has 0 aliphatic carbocycles. The fourth-order valence-electron chi connectivity index (χ4n) is 1.77. The van der Waals surface area contributed by atoms with Crippen LogP contribution in [0.2, 0.25) is 0 Å². The number of aliphatic carboxylic acids is 1. The number of carbonyl (C=O) groups is 2. The van der Waals surface area contributed by atoms with Crippen molar-refractivity contribution in [3.8, 4) is 0 Å². The largest absolute Gasteiger partial charge is 0.480 e. The quantitative estimate of drug-likeness (QED) is 0.734. The smallest absolute Gasteiger partial charge is 0.327 e. The molecule has 92 valence electrons. The van der Waals surface area contributed by atoms with E-state index in [-0.39, 0.29) is 23.2 Å². The van der Waals surface area contributed by atoms with Gasteiger partial charge in [0.2, 0.25) is 5.91 Å². The Labute approximate surface area is 99.4 Å². The molecule has 2 atom stereocenters. The van der Waals surface area contributed by atoms with E-state index in [1.54, 1.807) is 0 Å². The third-order valence-electron chi connectivity index (χ3n) is 2.49. The average molecular weight is 246 g/mol. The normalized spacial score (nSPS) is 25.9. The predicted molar refractivity (Wildman–Crippen MR) is 63.0 cm³/mol. The van der Waals surface area contributed by atoms with Crippen LogP contribution in [-0.4, -0.2) is 45.6 Å². The molecule has 1 unspecified atom stereocenters. The number of rotatable bonds is 2. The zero-order valence-corrected chi connectivity index (χ0v) is 10.6. The van der Waals surface area contributed by atoms with Gasteiger partial charge in [-0.1, -0.05) is 20.8 Å². The van der Waals surface area contributed by atoms with Crippen molar-refractivity contribution < 1.29 is 14.7 Å². The molecule has 1 saturated heterocycles. The number of amides is 1. The Morgan fingerprint density at radius 3 is 2.44 bits per heavy atom. The molecule has 0 aromatic carbocycles. The molecule has 3 N–H and O–H groups in total. The number of hydrogen-bond donors (Lipinski definition) is 2. The van der Waals surface area contributed by atoms with Crippen molar-refractivity contribution in [1.29, 1.82) is 0 Å². The maximum Gasteiger partial charge on any atom is 0.327 e. The summed E-state index contributed by atoms with van der Waals surface area (Å²) in [6, 6.07) is -0.745. The summed E-state index contributed by atoms with van der Waals surface area (Å²) >= 11 is 1.51. The Kier molecular flexibility index (Phi) is 3.85. The summed E-state index contributed by atoms with van der Waals surface area (Å²) in [5.74, 6) is -0.818. The Balaban J connectivity index is 2.97. The van der Waals surface area contributed by atoms with Gasteiger partial charge in [0, 0.05) is 5.75 Å². The van der Waals surface area contributed by atoms with Crippen molar-refractivity contribution in [2.75, 3.05) is 12.3 Å². The molecule has 5 nitrogen and oxygen atoms in total. The molecule has 1 heterocycles. The molecule has 1 amide bonds. The van der Waals surface area contributed by atoms with Gasteiger partial charge in [-0.3, -0.25) is 4.79 Å². The molecule has 1 fully saturated rings. The molecule has 16 heavy (non-hydrogen) atoms. The van der Waals surface area contributed by atoms with Gasteiger partial charge in [-0.05, 0) is 5.41 Å². The number of hydrogen-bond acceptors (Lipinski definition) is 4. The molecule has 0 radical (unpaired) electrons. The average Bonchev–Trinajstić information content (AvgIpc) is 2.59. The summed E-state index contributed by atoms with van der Waals surface area (Å²) in [5.41, 5.74) is 5.17. The number of thioether (sulfide) groups is 1. The van der Waals surface area contributed by atoms with Crippen LogP contribution in [0.1, 0.15) is 20.8 Å². The fraction of sp³-hybridized carbons (Fsp3) is 0.800. The summed E-state index contributed by atoms with van der Waals surface area (Å²) in [4.78, 5) is 24.2. The zero-order chi connectivity index (χ0) is 12.5. The minimum atomic E-state index is -0.957. The lowest BCUT2D eigenvalue weighted by molar-refractivity contribution is -0.149. The highest BCUT2D eigenvalue weighted by Gasteiger charge is 2.45. The Morgan fingerprint density at radius 1 is 1.50 bits per heavy atom. The van der Waals surface area contributed by atoms with Crippen LogP contribution in [-0.2, 0) is 9.59 Å². The first-order chi connectivity index (χ1) is 7.29. The van der Waals surface area contributed by atoms with Gasteiger partial charge < -0.3 is 15.7 Å². The maximum atomic E-state index is 11.7. The molecule has 0 bridgehead atoms. The second-order valence-corrected chi connectivity index (χ2v) is 6.02. The molecule has 0 spiro atoms. The van der Waals surface area contributed by atoms with E-state index in [0.29, 0.717) is 5.75 Å². The van der Waals surface area contributed by atoms with Gasteiger partial charge in [-0.15, -0.1) is 11.8 Å². The van der Waals surface area contributed by atoms with Crippen LogP contribution in [0.3, 0.4) is 0 Å². The Morgan fingerprint density at radius 2 is 2.06 bits per heavy atom. The van der Waals surface area contributed by atoms with Gasteiger partial charge in [-0.2, -0.15) is 0 Å². The summed E-state index contributed by atoms with van der Waals surface area (Å²) in [6.07, 6.45) is 0. The molecule has 1 aliphatic heterocycles. The Hall–Kier alpha value is -0.750. The number of nitrogens with zero attached hydrogens (tertiary/aromatic N) is 1. The van der Waals surface area contributed by atoms with Crippen LogP contribution in [0.5, 0.6) is 0 Å². The summed E-state index contributed by atoms with van der Waals surface area (Å²) < 4.78 is 0. The van der Waals surface area contributed by atoms with Crippen LogP contribution >= 0.6 is 11.8 Å². The number of carboxylic acids is 1. The molecule has 0 saturated carbocycles. The highest BCUT2D eigenvalue weighted by Crippen LogP contribution is 2.40. The first-order valence-corrected chi connectivity index (χ1v) is 6.19. The molecule has 1 rings (SSSR count). The van der Waals surface area contributed by atoms with E-state index >= 15 is 0 Å². The first kappa shape index (κ1) is 13.3. The van der Waals surface area contributed by atoms with Crippen LogP contribution in [0.25, 0.3) is 0 Å². The number of carboxylic acid groups (broad SMARTS) is 1. The van der Waals surface area contributed by atoms with E-state index in [2.05, 4.69) is 0 Å². The topological polar surface area (TPSA) is 83.6 Å². The molecule has 6 heteroatoms. The van der Waals surface area contributed by atoms with Crippen molar-refractivity contribution in [2.24, 2.45) is 11.1 Å². The van der Waals surface area contributed by atoms with Gasteiger partial charge >= 0.3 is 5.97 Å². The second kappa shape index (κ2) is 4.63. The Bertz CT molecular complexity index is 301. The summed E-state index contributed by atoms with van der Waals surface area (Å²) in [7, 11) is 0. The SMILES string of the molecule is CC(C)(C)C1SC[C@@H](C(=O)O)N1C(=O)CN. The van der Waals surface area contributed by atoms with Crippen molar-refractivity contribution in [3.63, 3.8) is 0 Å². The third-order valence-corrected chi connectivity index (χ3v) is 4.25. The number of nitrogens with two attached hydrogens (primary N) is 1. The highest BCUT2D eigenvalue weighted by molar-refractivity contribution is 8.00. The first-order valence-electron chi connectivity index (χ1n) is 5.14. The van der Waals surface area contributed by atoms with E-state index < -0.39 is 12.0 Å². The van der Waals surface area contributed by atoms with Gasteiger partial charge in [0.15, 0.2) is 0 Å². The second-order valence-electron chi connectivity index (χ2n) is 4.91. The predicted octanol–water partition coefficient (Wildman–Crippen LogP) is 0.346. The van der Waals surface area contributed by atoms with Crippen LogP contribution in [0.15, 0.2) is 0 Å². The monoisotopic (exact) mass is 246 g/mol. The number of carbonyl (C=O) groups excluding carboxylic acids is 1. The zero-order valence-electron chi connectivity index (χ0n) is 9.77. The van der Waals surface area contributed by atoms with Gasteiger partial charge in [0.05, 0.1) is 11.9 Å². The van der Waals surface area contributed by atoms with E-state index in [1.807, 2.05) is 20.8 Å². The lowest BCUT2D eigenvalue weighted by atomic mass is 9.94. The van der Waals surface area contributed by atoms with Gasteiger partial charge in [-0.25, -0.2) is 4.79 Å². The third kappa shape index (κ3) is 2.49.